The first-order chi connectivity index (χ1) is 15.6. The Morgan fingerprint density at radius 1 is 0.844 bits per heavy atom. The monoisotopic (exact) mass is 432 g/mol. The standard InChI is InChI=1S/C25H22F2N4O/c26-20-2-1-3-21(27)24(20)23-9-8-22(30-23)17-6-4-16(5-7-17)18-14-28-25(29-15-18)31-12-10-19(32)11-13-31/h1-7,14-15,22H,8-13H2. The predicted octanol–water partition coefficient (Wildman–Crippen LogP) is 4.92. The molecule has 0 bridgehead atoms. The number of carbonyl (C=O) groups excluding carboxylic acids is 1. The van der Waals surface area contributed by atoms with E-state index in [1.807, 2.05) is 29.2 Å². The number of aliphatic imine (C=N–C) groups is 1. The van der Waals surface area contributed by atoms with Gasteiger partial charge in [0, 0.05) is 49.6 Å². The molecule has 0 amide bonds. The molecule has 0 aliphatic carbocycles. The van der Waals surface area contributed by atoms with Crippen LogP contribution in [0, 0.1) is 11.6 Å². The van der Waals surface area contributed by atoms with Crippen LogP contribution in [0.25, 0.3) is 11.1 Å². The van der Waals surface area contributed by atoms with Gasteiger partial charge in [-0.2, -0.15) is 0 Å². The van der Waals surface area contributed by atoms with Crippen LogP contribution >= 0.6 is 0 Å². The molecule has 2 aliphatic rings. The number of halogens is 2. The Morgan fingerprint density at radius 3 is 2.16 bits per heavy atom. The Hall–Kier alpha value is -3.48. The van der Waals surface area contributed by atoms with Crippen molar-refractivity contribution in [2.45, 2.75) is 31.7 Å². The zero-order valence-electron chi connectivity index (χ0n) is 17.5. The van der Waals surface area contributed by atoms with Gasteiger partial charge in [-0.05, 0) is 36.1 Å². The van der Waals surface area contributed by atoms with Crippen LogP contribution in [0.3, 0.4) is 0 Å². The molecule has 162 valence electrons. The quantitative estimate of drug-likeness (QED) is 0.588. The van der Waals surface area contributed by atoms with Crippen LogP contribution in [0.2, 0.25) is 0 Å². The molecule has 5 rings (SSSR count). The number of piperidine rings is 1. The van der Waals surface area contributed by atoms with Gasteiger partial charge in [-0.1, -0.05) is 30.3 Å². The average Bonchev–Trinajstić information content (AvgIpc) is 3.29. The van der Waals surface area contributed by atoms with Crippen LogP contribution in [-0.2, 0) is 4.79 Å². The summed E-state index contributed by atoms with van der Waals surface area (Å²) in [4.78, 5) is 27.0. The second kappa shape index (κ2) is 8.57. The summed E-state index contributed by atoms with van der Waals surface area (Å²) in [5.74, 6) is -0.208. The van der Waals surface area contributed by atoms with Gasteiger partial charge in [-0.25, -0.2) is 18.7 Å². The number of benzene rings is 2. The SMILES string of the molecule is O=C1CCN(c2ncc(-c3ccc(C4CCC(c5c(F)cccc5F)=N4)cc3)cn2)CC1. The molecular formula is C25H22F2N4O. The van der Waals surface area contributed by atoms with Gasteiger partial charge in [-0.15, -0.1) is 0 Å². The summed E-state index contributed by atoms with van der Waals surface area (Å²) in [6.07, 6.45) is 5.93. The molecule has 1 atom stereocenters. The molecule has 5 nitrogen and oxygen atoms in total. The summed E-state index contributed by atoms with van der Waals surface area (Å²) >= 11 is 0. The summed E-state index contributed by atoms with van der Waals surface area (Å²) in [6, 6.07) is 11.8. The third kappa shape index (κ3) is 4.02. The molecule has 0 spiro atoms. The molecule has 0 saturated carbocycles. The van der Waals surface area contributed by atoms with E-state index in [1.165, 1.54) is 18.2 Å². The van der Waals surface area contributed by atoms with Crippen LogP contribution in [0.15, 0.2) is 59.9 Å². The van der Waals surface area contributed by atoms with Gasteiger partial charge in [0.1, 0.15) is 17.4 Å². The minimum atomic E-state index is -0.570. The Labute approximate surface area is 184 Å². The number of nitrogens with zero attached hydrogens (tertiary/aromatic N) is 4. The van der Waals surface area contributed by atoms with Gasteiger partial charge >= 0.3 is 0 Å². The van der Waals surface area contributed by atoms with Gasteiger partial charge in [0.25, 0.3) is 0 Å². The molecular weight excluding hydrogens is 410 g/mol. The fourth-order valence-corrected chi connectivity index (χ4v) is 4.28. The predicted molar refractivity (Wildman–Crippen MR) is 119 cm³/mol. The minimum Gasteiger partial charge on any atom is -0.340 e. The summed E-state index contributed by atoms with van der Waals surface area (Å²) in [5.41, 5.74) is 3.37. The highest BCUT2D eigenvalue weighted by Gasteiger charge is 2.24. The summed E-state index contributed by atoms with van der Waals surface area (Å²) in [7, 11) is 0. The third-order valence-electron chi connectivity index (χ3n) is 6.09. The van der Waals surface area contributed by atoms with Crippen molar-refractivity contribution < 1.29 is 13.6 Å². The number of carbonyl (C=O) groups is 1. The van der Waals surface area contributed by atoms with Gasteiger partial charge < -0.3 is 4.90 Å². The molecule has 3 heterocycles. The van der Waals surface area contributed by atoms with Crippen molar-refractivity contribution >= 4 is 17.4 Å². The fourth-order valence-electron chi connectivity index (χ4n) is 4.28. The topological polar surface area (TPSA) is 58.5 Å². The molecule has 32 heavy (non-hydrogen) atoms. The highest BCUT2D eigenvalue weighted by molar-refractivity contribution is 6.02. The van der Waals surface area contributed by atoms with Gasteiger partial charge in [0.05, 0.1) is 11.6 Å². The summed E-state index contributed by atoms with van der Waals surface area (Å²) < 4.78 is 28.2. The number of ketones is 1. The number of hydrogen-bond donors (Lipinski definition) is 0. The van der Waals surface area contributed by atoms with E-state index in [-0.39, 0.29) is 17.4 Å². The van der Waals surface area contributed by atoms with E-state index >= 15 is 0 Å². The van der Waals surface area contributed by atoms with Gasteiger partial charge in [-0.3, -0.25) is 9.79 Å². The lowest BCUT2D eigenvalue weighted by Crippen LogP contribution is -2.34. The van der Waals surface area contributed by atoms with Crippen LogP contribution < -0.4 is 4.90 Å². The number of rotatable bonds is 4. The van der Waals surface area contributed by atoms with E-state index in [9.17, 15) is 13.6 Å². The molecule has 0 radical (unpaired) electrons. The first-order valence-corrected chi connectivity index (χ1v) is 10.8. The highest BCUT2D eigenvalue weighted by atomic mass is 19.1. The second-order valence-corrected chi connectivity index (χ2v) is 8.15. The number of Topliss-reactive ketones (excluding diaryl/α,β-unsaturated/α-hetero) is 1. The van der Waals surface area contributed by atoms with E-state index in [1.54, 1.807) is 12.4 Å². The molecule has 2 aromatic carbocycles. The molecule has 1 fully saturated rings. The van der Waals surface area contributed by atoms with Crippen molar-refractivity contribution in [1.29, 1.82) is 0 Å². The maximum absolute atomic E-state index is 14.1. The van der Waals surface area contributed by atoms with Crippen LogP contribution in [0.1, 0.15) is 42.9 Å². The molecule has 3 aromatic rings. The van der Waals surface area contributed by atoms with Crippen molar-refractivity contribution in [3.05, 3.63) is 77.6 Å². The Morgan fingerprint density at radius 2 is 1.50 bits per heavy atom. The zero-order chi connectivity index (χ0) is 22.1. The van der Waals surface area contributed by atoms with E-state index in [0.717, 1.165) is 23.1 Å². The van der Waals surface area contributed by atoms with Crippen LogP contribution in [-0.4, -0.2) is 34.6 Å². The maximum Gasteiger partial charge on any atom is 0.225 e. The Kier molecular flexibility index (Phi) is 5.47. The first-order valence-electron chi connectivity index (χ1n) is 10.8. The Bertz CT molecular complexity index is 1150. The van der Waals surface area contributed by atoms with Crippen molar-refractivity contribution in [3.63, 3.8) is 0 Å². The maximum atomic E-state index is 14.1. The number of aromatic nitrogens is 2. The number of hydrogen-bond acceptors (Lipinski definition) is 5. The third-order valence-corrected chi connectivity index (χ3v) is 6.09. The lowest BCUT2D eigenvalue weighted by atomic mass is 10.0. The minimum absolute atomic E-state index is 0.0121. The molecule has 1 aromatic heterocycles. The second-order valence-electron chi connectivity index (χ2n) is 8.15. The Balaban J connectivity index is 1.30. The summed E-state index contributed by atoms with van der Waals surface area (Å²) in [6.45, 7) is 1.32. The smallest absolute Gasteiger partial charge is 0.225 e. The van der Waals surface area contributed by atoms with Crippen molar-refractivity contribution in [2.75, 3.05) is 18.0 Å². The highest BCUT2D eigenvalue weighted by Crippen LogP contribution is 2.33. The van der Waals surface area contributed by atoms with E-state index in [2.05, 4.69) is 15.0 Å². The zero-order valence-corrected chi connectivity index (χ0v) is 17.5. The van der Waals surface area contributed by atoms with E-state index in [4.69, 9.17) is 0 Å². The van der Waals surface area contributed by atoms with Gasteiger partial charge in [0.15, 0.2) is 0 Å². The lowest BCUT2D eigenvalue weighted by Gasteiger charge is -2.25. The lowest BCUT2D eigenvalue weighted by molar-refractivity contribution is -0.119. The largest absolute Gasteiger partial charge is 0.340 e. The summed E-state index contributed by atoms with van der Waals surface area (Å²) in [5, 5.41) is 0. The van der Waals surface area contributed by atoms with Crippen molar-refractivity contribution in [3.8, 4) is 11.1 Å². The van der Waals surface area contributed by atoms with Crippen LogP contribution in [0.4, 0.5) is 14.7 Å². The normalized spacial score (nSPS) is 18.7. The van der Waals surface area contributed by atoms with Crippen molar-refractivity contribution in [2.24, 2.45) is 4.99 Å². The van der Waals surface area contributed by atoms with E-state index in [0.29, 0.717) is 44.0 Å². The molecule has 1 unspecified atom stereocenters. The molecule has 0 N–H and O–H groups in total. The molecule has 7 heteroatoms. The van der Waals surface area contributed by atoms with E-state index < -0.39 is 11.6 Å². The van der Waals surface area contributed by atoms with Gasteiger partial charge in [0.2, 0.25) is 5.95 Å². The first kappa shape index (κ1) is 20.4. The van der Waals surface area contributed by atoms with Crippen molar-refractivity contribution in [1.82, 2.24) is 9.97 Å². The van der Waals surface area contributed by atoms with Crippen LogP contribution in [0.5, 0.6) is 0 Å². The molecule has 1 saturated heterocycles. The average molecular weight is 432 g/mol. The molecule has 2 aliphatic heterocycles. The number of anilines is 1. The fraction of sp³-hybridized carbons (Fsp3) is 0.280.